The van der Waals surface area contributed by atoms with Crippen molar-refractivity contribution < 1.29 is 19.4 Å². The Labute approximate surface area is 70.9 Å². The molecule has 0 aliphatic rings. The average molecular weight is 170 g/mol. The lowest BCUT2D eigenvalue weighted by atomic mass is 10.3. The number of nitrogens with zero attached hydrogens (tertiary/aromatic N) is 1. The molecule has 0 aromatic carbocycles. The quantitative estimate of drug-likeness (QED) is 0.520. The van der Waals surface area contributed by atoms with Gasteiger partial charge in [0.15, 0.2) is 5.75 Å². The van der Waals surface area contributed by atoms with Gasteiger partial charge >= 0.3 is 0 Å². The minimum Gasteiger partial charge on any atom is -0.492 e. The zero-order chi connectivity index (χ0) is 9.14. The van der Waals surface area contributed by atoms with Crippen LogP contribution in [0.4, 0.5) is 0 Å². The van der Waals surface area contributed by atoms with Crippen molar-refractivity contribution in [2.75, 3.05) is 14.2 Å². The van der Waals surface area contributed by atoms with E-state index in [1.807, 2.05) is 0 Å². The van der Waals surface area contributed by atoms with Crippen LogP contribution in [-0.4, -0.2) is 19.4 Å². The van der Waals surface area contributed by atoms with Crippen molar-refractivity contribution in [3.63, 3.8) is 0 Å². The maximum Gasteiger partial charge on any atom is 0.276 e. The van der Waals surface area contributed by atoms with Crippen LogP contribution in [0, 0.1) is 6.92 Å². The van der Waals surface area contributed by atoms with Crippen LogP contribution >= 0.6 is 0 Å². The molecule has 0 spiro atoms. The highest BCUT2D eigenvalue weighted by Gasteiger charge is 2.17. The summed E-state index contributed by atoms with van der Waals surface area (Å²) in [4.78, 5) is 0. The van der Waals surface area contributed by atoms with E-state index in [2.05, 4.69) is 0 Å². The van der Waals surface area contributed by atoms with Crippen molar-refractivity contribution in [2.24, 2.45) is 0 Å². The van der Waals surface area contributed by atoms with Crippen LogP contribution in [0.5, 0.6) is 11.5 Å². The number of pyridine rings is 1. The third-order valence-corrected chi connectivity index (χ3v) is 1.69. The second-order valence-electron chi connectivity index (χ2n) is 2.35. The Kier molecular flexibility index (Phi) is 2.38. The average Bonchev–Trinajstić information content (AvgIpc) is 2.09. The van der Waals surface area contributed by atoms with Crippen molar-refractivity contribution in [1.29, 1.82) is 0 Å². The first-order valence-corrected chi connectivity index (χ1v) is 3.53. The summed E-state index contributed by atoms with van der Waals surface area (Å²) >= 11 is 0. The van der Waals surface area contributed by atoms with Gasteiger partial charge in [-0.3, -0.25) is 5.21 Å². The molecule has 0 radical (unpaired) electrons. The molecule has 0 saturated carbocycles. The number of rotatable bonds is 2. The van der Waals surface area contributed by atoms with Crippen LogP contribution in [-0.2, 0) is 0 Å². The minimum absolute atomic E-state index is 0.544. The third-order valence-electron chi connectivity index (χ3n) is 1.69. The summed E-state index contributed by atoms with van der Waals surface area (Å²) in [6.45, 7) is 1.74. The summed E-state index contributed by atoms with van der Waals surface area (Å²) in [5.41, 5.74) is 0.608. The summed E-state index contributed by atoms with van der Waals surface area (Å²) in [6, 6.07) is 1.63. The summed E-state index contributed by atoms with van der Waals surface area (Å²) in [5, 5.41) is 9.23. The molecule has 4 nitrogen and oxygen atoms in total. The van der Waals surface area contributed by atoms with Crippen LogP contribution in [0.1, 0.15) is 5.69 Å². The third kappa shape index (κ3) is 1.28. The Morgan fingerprint density at radius 1 is 1.33 bits per heavy atom. The molecule has 0 fully saturated rings. The standard InChI is InChI=1S/C8H12NO3/c1-6-8(12-3)7(11-2)4-5-9(6)10/h4-5,10H,1-3H3/q+1. The van der Waals surface area contributed by atoms with Gasteiger partial charge in [0.2, 0.25) is 11.9 Å². The molecule has 1 aromatic rings. The van der Waals surface area contributed by atoms with Gasteiger partial charge in [-0.25, -0.2) is 0 Å². The van der Waals surface area contributed by atoms with E-state index < -0.39 is 0 Å². The molecule has 0 amide bonds. The number of methoxy groups -OCH3 is 2. The topological polar surface area (TPSA) is 42.6 Å². The molecule has 12 heavy (non-hydrogen) atoms. The van der Waals surface area contributed by atoms with E-state index in [9.17, 15) is 5.21 Å². The van der Waals surface area contributed by atoms with Crippen LogP contribution in [0.3, 0.4) is 0 Å². The zero-order valence-corrected chi connectivity index (χ0v) is 7.37. The Bertz CT molecular complexity index is 286. The summed E-state index contributed by atoms with van der Waals surface area (Å²) < 4.78 is 11.1. The summed E-state index contributed by atoms with van der Waals surface area (Å²) in [6.07, 6.45) is 1.50. The van der Waals surface area contributed by atoms with Gasteiger partial charge in [-0.1, -0.05) is 0 Å². The monoisotopic (exact) mass is 170 g/mol. The lowest BCUT2D eigenvalue weighted by molar-refractivity contribution is -0.908. The van der Waals surface area contributed by atoms with Gasteiger partial charge in [0, 0.05) is 11.7 Å². The van der Waals surface area contributed by atoms with Gasteiger partial charge in [-0.05, 0) is 0 Å². The fourth-order valence-electron chi connectivity index (χ4n) is 1.02. The minimum atomic E-state index is 0.544. The van der Waals surface area contributed by atoms with Crippen molar-refractivity contribution in [2.45, 2.75) is 6.92 Å². The Morgan fingerprint density at radius 2 is 2.00 bits per heavy atom. The predicted octanol–water partition coefficient (Wildman–Crippen LogP) is 0.537. The lowest BCUT2D eigenvalue weighted by Crippen LogP contribution is -2.33. The van der Waals surface area contributed by atoms with Crippen LogP contribution < -0.4 is 14.2 Å². The molecule has 0 unspecified atom stereocenters. The second kappa shape index (κ2) is 3.30. The molecule has 0 saturated heterocycles. The highest BCUT2D eigenvalue weighted by molar-refractivity contribution is 5.39. The molecule has 66 valence electrons. The van der Waals surface area contributed by atoms with Crippen LogP contribution in [0.15, 0.2) is 12.3 Å². The lowest BCUT2D eigenvalue weighted by Gasteiger charge is -2.05. The van der Waals surface area contributed by atoms with E-state index in [1.165, 1.54) is 13.3 Å². The van der Waals surface area contributed by atoms with Crippen LogP contribution in [0.2, 0.25) is 0 Å². The second-order valence-corrected chi connectivity index (χ2v) is 2.35. The molecule has 1 rings (SSSR count). The van der Waals surface area contributed by atoms with Gasteiger partial charge < -0.3 is 9.47 Å². The van der Waals surface area contributed by atoms with E-state index >= 15 is 0 Å². The van der Waals surface area contributed by atoms with Crippen molar-refractivity contribution in [1.82, 2.24) is 0 Å². The van der Waals surface area contributed by atoms with Gasteiger partial charge in [0.05, 0.1) is 20.3 Å². The van der Waals surface area contributed by atoms with Gasteiger partial charge in [-0.2, -0.15) is 0 Å². The maximum atomic E-state index is 9.23. The smallest absolute Gasteiger partial charge is 0.276 e. The van der Waals surface area contributed by atoms with Crippen molar-refractivity contribution in [3.05, 3.63) is 18.0 Å². The fraction of sp³-hybridized carbons (Fsp3) is 0.375. The first-order valence-electron chi connectivity index (χ1n) is 3.53. The zero-order valence-electron chi connectivity index (χ0n) is 7.37. The Hall–Kier alpha value is -1.45. The van der Waals surface area contributed by atoms with E-state index in [0.717, 1.165) is 4.73 Å². The SMILES string of the molecule is COc1cc[n+](O)c(C)c1OC. The predicted molar refractivity (Wildman–Crippen MR) is 41.7 cm³/mol. The molecule has 1 N–H and O–H groups in total. The molecule has 0 aliphatic carbocycles. The van der Waals surface area contributed by atoms with Gasteiger partial charge in [0.1, 0.15) is 0 Å². The molecule has 4 heteroatoms. The fourth-order valence-corrected chi connectivity index (χ4v) is 1.02. The van der Waals surface area contributed by atoms with E-state index in [1.54, 1.807) is 20.1 Å². The number of hydrogen-bond donors (Lipinski definition) is 1. The van der Waals surface area contributed by atoms with Crippen LogP contribution in [0.25, 0.3) is 0 Å². The highest BCUT2D eigenvalue weighted by atomic mass is 16.5. The van der Waals surface area contributed by atoms with Crippen molar-refractivity contribution >= 4 is 0 Å². The molecule has 0 bridgehead atoms. The van der Waals surface area contributed by atoms with E-state index in [-0.39, 0.29) is 0 Å². The number of hydrogen-bond acceptors (Lipinski definition) is 3. The van der Waals surface area contributed by atoms with E-state index in [4.69, 9.17) is 9.47 Å². The molecular weight excluding hydrogens is 158 g/mol. The molecular formula is C8H12NO3+. The first-order chi connectivity index (χ1) is 5.70. The Morgan fingerprint density at radius 3 is 2.50 bits per heavy atom. The highest BCUT2D eigenvalue weighted by Crippen LogP contribution is 2.26. The Balaban J connectivity index is 3.25. The van der Waals surface area contributed by atoms with Crippen molar-refractivity contribution in [3.8, 4) is 11.5 Å². The maximum absolute atomic E-state index is 9.23. The van der Waals surface area contributed by atoms with E-state index in [0.29, 0.717) is 17.2 Å². The first kappa shape index (κ1) is 8.64. The molecule has 1 heterocycles. The molecule has 0 aliphatic heterocycles. The molecule has 0 atom stereocenters. The normalized spacial score (nSPS) is 9.58. The molecule has 1 aromatic heterocycles. The van der Waals surface area contributed by atoms with Gasteiger partial charge in [-0.15, -0.1) is 0 Å². The number of ether oxygens (including phenoxy) is 2. The number of aromatic nitrogens is 1. The summed E-state index contributed by atoms with van der Waals surface area (Å²) in [5.74, 6) is 1.16. The largest absolute Gasteiger partial charge is 0.492 e. The summed E-state index contributed by atoms with van der Waals surface area (Å²) in [7, 11) is 3.09. The van der Waals surface area contributed by atoms with Gasteiger partial charge in [0.25, 0.3) is 5.69 Å².